The molecule has 0 saturated carbocycles. The normalized spacial score (nSPS) is 11.1. The molecule has 1 aromatic rings. The number of carbonyl (C=O) groups is 1. The van der Waals surface area contributed by atoms with Crippen LogP contribution in [0.15, 0.2) is 40.6 Å². The van der Waals surface area contributed by atoms with Gasteiger partial charge in [-0.05, 0) is 31.2 Å². The maximum atomic E-state index is 11.8. The summed E-state index contributed by atoms with van der Waals surface area (Å²) in [5.74, 6) is -0.478. The average molecular weight is 289 g/mol. The molecule has 0 bridgehead atoms. The second-order valence-corrected chi connectivity index (χ2v) is 3.92. The summed E-state index contributed by atoms with van der Waals surface area (Å²) in [6.07, 6.45) is 1.04. The second kappa shape index (κ2) is 5.79. The minimum atomic E-state index is -2.91. The number of allylic oxidation sites excluding steroid dienone is 2. The van der Waals surface area contributed by atoms with Gasteiger partial charge < -0.3 is 4.65 Å². The lowest BCUT2D eigenvalue weighted by Crippen LogP contribution is -2.04. The highest BCUT2D eigenvalue weighted by Crippen LogP contribution is 2.12. The third-order valence-electron chi connectivity index (χ3n) is 1.74. The largest absolute Gasteiger partial charge is 0.796 e. The van der Waals surface area contributed by atoms with Crippen molar-refractivity contribution in [2.24, 2.45) is 0 Å². The van der Waals surface area contributed by atoms with Gasteiger partial charge >= 0.3 is 7.47 Å². The predicted molar refractivity (Wildman–Crippen MR) is 61.3 cm³/mol. The molecule has 84 valence electrons. The molecular formula is C10H8BBrF2O2. The Kier molecular flexibility index (Phi) is 4.67. The smallest absolute Gasteiger partial charge is 0.509 e. The molecule has 0 unspecified atom stereocenters. The molecule has 1 aromatic carbocycles. The molecular weight excluding hydrogens is 281 g/mol. The first kappa shape index (κ1) is 12.9. The molecule has 0 N–H and O–H groups in total. The predicted octanol–water partition coefficient (Wildman–Crippen LogP) is 3.48. The first-order chi connectivity index (χ1) is 7.49. The van der Waals surface area contributed by atoms with Crippen LogP contribution in [0.4, 0.5) is 8.63 Å². The summed E-state index contributed by atoms with van der Waals surface area (Å²) in [6.45, 7) is 1.31. The Morgan fingerprint density at radius 1 is 1.38 bits per heavy atom. The van der Waals surface area contributed by atoms with Crippen molar-refractivity contribution >= 4 is 29.2 Å². The van der Waals surface area contributed by atoms with Gasteiger partial charge in [-0.3, -0.25) is 4.79 Å². The van der Waals surface area contributed by atoms with Crippen LogP contribution in [0, 0.1) is 0 Å². The lowest BCUT2D eigenvalue weighted by molar-refractivity contribution is 0.104. The summed E-state index contributed by atoms with van der Waals surface area (Å²) < 4.78 is 28.5. The lowest BCUT2D eigenvalue weighted by atomic mass is 10.1. The Labute approximate surface area is 101 Å². The van der Waals surface area contributed by atoms with Gasteiger partial charge in [-0.2, -0.15) is 0 Å². The van der Waals surface area contributed by atoms with E-state index in [1.807, 2.05) is 0 Å². The molecule has 0 atom stereocenters. The zero-order chi connectivity index (χ0) is 12.1. The number of ketones is 1. The van der Waals surface area contributed by atoms with Gasteiger partial charge in [0.05, 0.1) is 5.76 Å². The van der Waals surface area contributed by atoms with Crippen molar-refractivity contribution in [3.05, 3.63) is 46.1 Å². The van der Waals surface area contributed by atoms with Crippen molar-refractivity contribution < 1.29 is 18.1 Å². The van der Waals surface area contributed by atoms with Gasteiger partial charge in [0.1, 0.15) is 0 Å². The van der Waals surface area contributed by atoms with Crippen LogP contribution in [0.1, 0.15) is 17.3 Å². The summed E-state index contributed by atoms with van der Waals surface area (Å²) in [5.41, 5.74) is 0.417. The average Bonchev–Trinajstić information content (AvgIpc) is 2.16. The Morgan fingerprint density at radius 2 is 1.94 bits per heavy atom. The molecule has 0 aliphatic heterocycles. The van der Waals surface area contributed by atoms with Gasteiger partial charge in [-0.25, -0.2) is 8.63 Å². The zero-order valence-electron chi connectivity index (χ0n) is 8.41. The van der Waals surface area contributed by atoms with E-state index >= 15 is 0 Å². The van der Waals surface area contributed by atoms with Crippen molar-refractivity contribution in [3.8, 4) is 0 Å². The van der Waals surface area contributed by atoms with Crippen molar-refractivity contribution in [1.82, 2.24) is 0 Å². The van der Waals surface area contributed by atoms with Crippen LogP contribution >= 0.6 is 15.9 Å². The highest BCUT2D eigenvalue weighted by Gasteiger charge is 2.17. The van der Waals surface area contributed by atoms with E-state index in [0.717, 1.165) is 10.5 Å². The van der Waals surface area contributed by atoms with E-state index < -0.39 is 7.47 Å². The number of hydrogen-bond donors (Lipinski definition) is 0. The summed E-state index contributed by atoms with van der Waals surface area (Å²) in [4.78, 5) is 11.5. The summed E-state index contributed by atoms with van der Waals surface area (Å²) in [5, 5.41) is 0. The first-order valence-electron chi connectivity index (χ1n) is 4.42. The van der Waals surface area contributed by atoms with E-state index in [0.29, 0.717) is 5.56 Å². The van der Waals surface area contributed by atoms with Crippen LogP contribution in [0.3, 0.4) is 0 Å². The molecule has 1 rings (SSSR count). The van der Waals surface area contributed by atoms with Crippen molar-refractivity contribution in [1.29, 1.82) is 0 Å². The Bertz CT molecular complexity index is 404. The van der Waals surface area contributed by atoms with Crippen LogP contribution in [-0.4, -0.2) is 13.3 Å². The monoisotopic (exact) mass is 288 g/mol. The zero-order valence-corrected chi connectivity index (χ0v) is 10.0. The molecule has 0 amide bonds. The third kappa shape index (κ3) is 4.14. The summed E-state index contributed by atoms with van der Waals surface area (Å²) in [6, 6.07) is 6.59. The molecule has 0 fully saturated rings. The van der Waals surface area contributed by atoms with E-state index in [2.05, 4.69) is 20.6 Å². The van der Waals surface area contributed by atoms with Gasteiger partial charge in [0.2, 0.25) is 0 Å². The number of rotatable bonds is 4. The molecule has 16 heavy (non-hydrogen) atoms. The van der Waals surface area contributed by atoms with Crippen LogP contribution in [0.5, 0.6) is 0 Å². The topological polar surface area (TPSA) is 26.3 Å². The number of hydrogen-bond acceptors (Lipinski definition) is 2. The van der Waals surface area contributed by atoms with Crippen LogP contribution in [-0.2, 0) is 4.65 Å². The second-order valence-electron chi connectivity index (χ2n) is 3.00. The summed E-state index contributed by atoms with van der Waals surface area (Å²) >= 11 is 3.23. The van der Waals surface area contributed by atoms with Gasteiger partial charge in [0.15, 0.2) is 5.78 Å². The van der Waals surface area contributed by atoms with Crippen molar-refractivity contribution in [2.45, 2.75) is 6.92 Å². The maximum absolute atomic E-state index is 11.8. The maximum Gasteiger partial charge on any atom is 0.796 e. The lowest BCUT2D eigenvalue weighted by Gasteiger charge is -2.01. The third-order valence-corrected chi connectivity index (χ3v) is 2.27. The minimum Gasteiger partial charge on any atom is -0.509 e. The van der Waals surface area contributed by atoms with Gasteiger partial charge in [-0.1, -0.05) is 15.9 Å². The number of carbonyl (C=O) groups excluding carboxylic acids is 1. The Morgan fingerprint density at radius 3 is 2.44 bits per heavy atom. The molecule has 0 saturated heterocycles. The Hall–Kier alpha value is -1.17. The molecule has 0 aliphatic rings. The molecule has 0 aromatic heterocycles. The van der Waals surface area contributed by atoms with Gasteiger partial charge in [0.25, 0.3) is 0 Å². The van der Waals surface area contributed by atoms with E-state index in [9.17, 15) is 13.4 Å². The van der Waals surface area contributed by atoms with Crippen molar-refractivity contribution in [3.63, 3.8) is 0 Å². The van der Waals surface area contributed by atoms with Gasteiger partial charge in [0, 0.05) is 16.1 Å². The quantitative estimate of drug-likeness (QED) is 0.367. The van der Waals surface area contributed by atoms with Crippen LogP contribution in [0.2, 0.25) is 0 Å². The molecule has 6 heteroatoms. The molecule has 0 radical (unpaired) electrons. The minimum absolute atomic E-state index is 0.108. The highest BCUT2D eigenvalue weighted by molar-refractivity contribution is 9.10. The fourth-order valence-corrected chi connectivity index (χ4v) is 1.32. The fourth-order valence-electron chi connectivity index (χ4n) is 1.06. The fraction of sp³-hybridized carbons (Fsp3) is 0.100. The Balaban J connectivity index is 2.75. The van der Waals surface area contributed by atoms with E-state index in [4.69, 9.17) is 0 Å². The molecule has 0 heterocycles. The number of halogens is 3. The van der Waals surface area contributed by atoms with Crippen molar-refractivity contribution in [2.75, 3.05) is 0 Å². The number of benzene rings is 1. The van der Waals surface area contributed by atoms with Crippen LogP contribution in [0.25, 0.3) is 0 Å². The van der Waals surface area contributed by atoms with E-state index in [-0.39, 0.29) is 11.5 Å². The SMILES string of the molecule is C/C(=C/C(=O)c1ccc(Br)cc1)OB(F)F. The molecule has 2 nitrogen and oxygen atoms in total. The van der Waals surface area contributed by atoms with Gasteiger partial charge in [-0.15, -0.1) is 0 Å². The molecule has 0 aliphatic carbocycles. The first-order valence-corrected chi connectivity index (χ1v) is 5.21. The van der Waals surface area contributed by atoms with E-state index in [1.165, 1.54) is 6.92 Å². The molecule has 0 spiro atoms. The van der Waals surface area contributed by atoms with Crippen LogP contribution < -0.4 is 0 Å². The van der Waals surface area contributed by atoms with E-state index in [1.54, 1.807) is 24.3 Å². The highest BCUT2D eigenvalue weighted by atomic mass is 79.9. The standard InChI is InChI=1S/C10H8BBrF2O2/c1-7(16-11(13)14)6-10(15)8-2-4-9(12)5-3-8/h2-6H,1H3/b7-6-. The summed E-state index contributed by atoms with van der Waals surface area (Å²) in [7, 11) is -2.91.